The van der Waals surface area contributed by atoms with Gasteiger partial charge in [-0.05, 0) is 18.8 Å². The number of halogens is 1. The summed E-state index contributed by atoms with van der Waals surface area (Å²) in [7, 11) is 0. The normalized spacial score (nSPS) is 39.8. The van der Waals surface area contributed by atoms with Gasteiger partial charge in [0.2, 0.25) is 0 Å². The van der Waals surface area contributed by atoms with Gasteiger partial charge in [-0.1, -0.05) is 35.7 Å². The summed E-state index contributed by atoms with van der Waals surface area (Å²) in [5.41, 5.74) is 0. The first kappa shape index (κ1) is 6.60. The molecule has 1 aliphatic carbocycles. The van der Waals surface area contributed by atoms with Gasteiger partial charge in [-0.15, -0.1) is 0 Å². The van der Waals surface area contributed by atoms with Crippen LogP contribution in [0.3, 0.4) is 0 Å². The Kier molecular flexibility index (Phi) is 2.36. The van der Waals surface area contributed by atoms with E-state index in [0.29, 0.717) is 0 Å². The molecule has 0 aromatic rings. The molecule has 1 unspecified atom stereocenters. The van der Waals surface area contributed by atoms with Crippen LogP contribution in [0.5, 0.6) is 0 Å². The van der Waals surface area contributed by atoms with Gasteiger partial charge in [-0.2, -0.15) is 0 Å². The van der Waals surface area contributed by atoms with E-state index in [2.05, 4.69) is 22.9 Å². The van der Waals surface area contributed by atoms with E-state index >= 15 is 0 Å². The second-order valence-corrected chi connectivity index (χ2v) is 3.95. The first-order chi connectivity index (χ1) is 3.80. The Bertz CT molecular complexity index is 60.8. The SMILES string of the molecule is C[C@H]1CCCCC1Br. The van der Waals surface area contributed by atoms with Gasteiger partial charge in [0.1, 0.15) is 0 Å². The molecule has 1 aliphatic rings. The monoisotopic (exact) mass is 176 g/mol. The highest BCUT2D eigenvalue weighted by molar-refractivity contribution is 9.09. The zero-order chi connectivity index (χ0) is 5.98. The Hall–Kier alpha value is 0.480. The number of hydrogen-bond acceptors (Lipinski definition) is 0. The molecule has 1 fully saturated rings. The van der Waals surface area contributed by atoms with Crippen molar-refractivity contribution in [2.24, 2.45) is 5.92 Å². The minimum absolute atomic E-state index is 0.816. The lowest BCUT2D eigenvalue weighted by Crippen LogP contribution is -2.15. The zero-order valence-electron chi connectivity index (χ0n) is 5.36. The quantitative estimate of drug-likeness (QED) is 0.499. The van der Waals surface area contributed by atoms with Gasteiger partial charge < -0.3 is 0 Å². The van der Waals surface area contributed by atoms with Crippen molar-refractivity contribution in [3.8, 4) is 0 Å². The lowest BCUT2D eigenvalue weighted by Gasteiger charge is -2.22. The standard InChI is InChI=1S/C7H13Br/c1-6-4-2-3-5-7(6)8/h6-7H,2-5H2,1H3/t6-,7?/m0/s1. The summed E-state index contributed by atoms with van der Waals surface area (Å²) in [4.78, 5) is 0.816. The second kappa shape index (κ2) is 2.86. The molecule has 48 valence electrons. The lowest BCUT2D eigenvalue weighted by molar-refractivity contribution is 0.403. The van der Waals surface area contributed by atoms with Crippen LogP contribution >= 0.6 is 15.9 Å². The third-order valence-electron chi connectivity index (χ3n) is 2.01. The fraction of sp³-hybridized carbons (Fsp3) is 1.00. The van der Waals surface area contributed by atoms with Gasteiger partial charge in [0.05, 0.1) is 0 Å². The molecule has 0 aromatic heterocycles. The van der Waals surface area contributed by atoms with Crippen LogP contribution in [0.2, 0.25) is 0 Å². The lowest BCUT2D eigenvalue weighted by atomic mass is 9.91. The van der Waals surface area contributed by atoms with E-state index < -0.39 is 0 Å². The van der Waals surface area contributed by atoms with Crippen molar-refractivity contribution >= 4 is 15.9 Å². The molecule has 1 heteroatoms. The number of alkyl halides is 1. The Balaban J connectivity index is 2.28. The van der Waals surface area contributed by atoms with E-state index in [0.717, 1.165) is 10.7 Å². The fourth-order valence-corrected chi connectivity index (χ4v) is 1.86. The van der Waals surface area contributed by atoms with E-state index in [4.69, 9.17) is 0 Å². The Labute approximate surface area is 59.8 Å². The topological polar surface area (TPSA) is 0 Å². The van der Waals surface area contributed by atoms with Crippen molar-refractivity contribution in [2.75, 3.05) is 0 Å². The molecule has 0 radical (unpaired) electrons. The summed E-state index contributed by atoms with van der Waals surface area (Å²) >= 11 is 3.65. The molecular weight excluding hydrogens is 164 g/mol. The fourth-order valence-electron chi connectivity index (χ4n) is 1.27. The van der Waals surface area contributed by atoms with E-state index in [1.54, 1.807) is 0 Å². The van der Waals surface area contributed by atoms with E-state index in [-0.39, 0.29) is 0 Å². The van der Waals surface area contributed by atoms with Gasteiger partial charge in [0.25, 0.3) is 0 Å². The van der Waals surface area contributed by atoms with Crippen LogP contribution in [0.25, 0.3) is 0 Å². The highest BCUT2D eigenvalue weighted by Gasteiger charge is 2.17. The molecule has 0 aromatic carbocycles. The van der Waals surface area contributed by atoms with Gasteiger partial charge in [-0.3, -0.25) is 0 Å². The third kappa shape index (κ3) is 1.48. The summed E-state index contributed by atoms with van der Waals surface area (Å²) in [6, 6.07) is 0. The number of rotatable bonds is 0. The summed E-state index contributed by atoms with van der Waals surface area (Å²) in [6.07, 6.45) is 5.70. The van der Waals surface area contributed by atoms with Gasteiger partial charge in [0.15, 0.2) is 0 Å². The van der Waals surface area contributed by atoms with Gasteiger partial charge >= 0.3 is 0 Å². The van der Waals surface area contributed by atoms with Crippen LogP contribution < -0.4 is 0 Å². The predicted molar refractivity (Wildman–Crippen MR) is 40.3 cm³/mol. The highest BCUT2D eigenvalue weighted by Crippen LogP contribution is 2.28. The summed E-state index contributed by atoms with van der Waals surface area (Å²) in [5, 5.41) is 0. The molecule has 2 atom stereocenters. The van der Waals surface area contributed by atoms with E-state index in [1.165, 1.54) is 25.7 Å². The van der Waals surface area contributed by atoms with Crippen LogP contribution in [-0.2, 0) is 0 Å². The summed E-state index contributed by atoms with van der Waals surface area (Å²) in [5.74, 6) is 0.920. The van der Waals surface area contributed by atoms with Crippen LogP contribution in [0.4, 0.5) is 0 Å². The van der Waals surface area contributed by atoms with Crippen LogP contribution in [0.15, 0.2) is 0 Å². The molecule has 0 nitrogen and oxygen atoms in total. The molecule has 1 saturated carbocycles. The maximum atomic E-state index is 3.65. The molecule has 0 heterocycles. The van der Waals surface area contributed by atoms with Crippen LogP contribution in [0.1, 0.15) is 32.6 Å². The molecule has 0 spiro atoms. The zero-order valence-corrected chi connectivity index (χ0v) is 6.95. The molecule has 0 bridgehead atoms. The Morgan fingerprint density at radius 2 is 1.88 bits per heavy atom. The molecular formula is C7H13Br. The number of hydrogen-bond donors (Lipinski definition) is 0. The third-order valence-corrected chi connectivity index (χ3v) is 3.37. The van der Waals surface area contributed by atoms with Crippen molar-refractivity contribution in [1.29, 1.82) is 0 Å². The van der Waals surface area contributed by atoms with Crippen LogP contribution in [-0.4, -0.2) is 4.83 Å². The summed E-state index contributed by atoms with van der Waals surface area (Å²) in [6.45, 7) is 2.33. The first-order valence-electron chi connectivity index (χ1n) is 3.45. The van der Waals surface area contributed by atoms with Gasteiger partial charge in [-0.25, -0.2) is 0 Å². The van der Waals surface area contributed by atoms with Crippen molar-refractivity contribution in [2.45, 2.75) is 37.4 Å². The Morgan fingerprint density at radius 3 is 2.25 bits per heavy atom. The smallest absolute Gasteiger partial charge is 0.0171 e. The molecule has 1 rings (SSSR count). The maximum absolute atomic E-state index is 3.65. The molecule has 0 saturated heterocycles. The Morgan fingerprint density at radius 1 is 1.25 bits per heavy atom. The predicted octanol–water partition coefficient (Wildman–Crippen LogP) is 2.96. The first-order valence-corrected chi connectivity index (χ1v) is 4.36. The van der Waals surface area contributed by atoms with Crippen molar-refractivity contribution in [3.63, 3.8) is 0 Å². The molecule has 0 aliphatic heterocycles. The average molecular weight is 177 g/mol. The molecule has 0 amide bonds. The largest absolute Gasteiger partial charge is 0.0888 e. The van der Waals surface area contributed by atoms with Crippen molar-refractivity contribution in [1.82, 2.24) is 0 Å². The molecule has 8 heavy (non-hydrogen) atoms. The van der Waals surface area contributed by atoms with E-state index in [9.17, 15) is 0 Å². The molecule has 0 N–H and O–H groups in total. The minimum Gasteiger partial charge on any atom is -0.0888 e. The highest BCUT2D eigenvalue weighted by atomic mass is 79.9. The average Bonchev–Trinajstić information content (AvgIpc) is 1.77. The minimum atomic E-state index is 0.816. The maximum Gasteiger partial charge on any atom is 0.0171 e. The van der Waals surface area contributed by atoms with Crippen molar-refractivity contribution < 1.29 is 0 Å². The van der Waals surface area contributed by atoms with E-state index in [1.807, 2.05) is 0 Å². The second-order valence-electron chi connectivity index (χ2n) is 2.78. The van der Waals surface area contributed by atoms with Gasteiger partial charge in [0, 0.05) is 4.83 Å². The van der Waals surface area contributed by atoms with Crippen LogP contribution in [0, 0.1) is 5.92 Å². The summed E-state index contributed by atoms with van der Waals surface area (Å²) < 4.78 is 0. The van der Waals surface area contributed by atoms with Crippen molar-refractivity contribution in [3.05, 3.63) is 0 Å².